The monoisotopic (exact) mass is 204 g/mol. The van der Waals surface area contributed by atoms with Gasteiger partial charge >= 0.3 is 0 Å². The average molecular weight is 204 g/mol. The van der Waals surface area contributed by atoms with Gasteiger partial charge in [0.1, 0.15) is 0 Å². The molecule has 0 aromatic carbocycles. The van der Waals surface area contributed by atoms with Crippen LogP contribution >= 0.6 is 12.2 Å². The minimum Gasteiger partial charge on any atom is -0.380 e. The van der Waals surface area contributed by atoms with Gasteiger partial charge in [-0.1, -0.05) is 13.8 Å². The lowest BCUT2D eigenvalue weighted by Crippen LogP contribution is -2.45. The van der Waals surface area contributed by atoms with Gasteiger partial charge in [0.15, 0.2) is 5.11 Å². The van der Waals surface area contributed by atoms with E-state index < -0.39 is 0 Å². The summed E-state index contributed by atoms with van der Waals surface area (Å²) in [5, 5.41) is 6.77. The summed E-state index contributed by atoms with van der Waals surface area (Å²) in [6.07, 6.45) is 0. The van der Waals surface area contributed by atoms with Gasteiger partial charge in [0.05, 0.1) is 12.6 Å². The Bertz CT molecular complexity index is 151. The van der Waals surface area contributed by atoms with Crippen LogP contribution in [0.25, 0.3) is 0 Å². The van der Waals surface area contributed by atoms with E-state index in [1.165, 1.54) is 0 Å². The molecule has 3 nitrogen and oxygen atoms in total. The smallest absolute Gasteiger partial charge is 0.166 e. The van der Waals surface area contributed by atoms with Crippen molar-refractivity contribution in [2.75, 3.05) is 20.3 Å². The van der Waals surface area contributed by atoms with Crippen molar-refractivity contribution in [2.24, 2.45) is 5.92 Å². The van der Waals surface area contributed by atoms with Crippen molar-refractivity contribution in [3.8, 4) is 0 Å². The molecule has 2 N–H and O–H groups in total. The van der Waals surface area contributed by atoms with Crippen LogP contribution in [0.3, 0.4) is 0 Å². The molecule has 0 saturated carbocycles. The van der Waals surface area contributed by atoms with Crippen LogP contribution in [-0.4, -0.2) is 31.4 Å². The molecule has 0 bridgehead atoms. The number of rotatable bonds is 5. The molecule has 0 aromatic rings. The van der Waals surface area contributed by atoms with Gasteiger partial charge in [0, 0.05) is 13.7 Å². The van der Waals surface area contributed by atoms with Gasteiger partial charge < -0.3 is 15.4 Å². The second-order valence-electron chi connectivity index (χ2n) is 3.23. The summed E-state index contributed by atoms with van der Waals surface area (Å²) in [6, 6.07) is 0.292. The first-order chi connectivity index (χ1) is 6.11. The maximum absolute atomic E-state index is 5.35. The number of hydrogen-bond acceptors (Lipinski definition) is 2. The maximum atomic E-state index is 5.35. The molecule has 1 atom stereocenters. The number of hydrogen-bond donors (Lipinski definition) is 2. The quantitative estimate of drug-likeness (QED) is 0.658. The normalized spacial score (nSPS) is 12.7. The number of ether oxygens (including phenoxy) is 1. The van der Waals surface area contributed by atoms with Crippen molar-refractivity contribution >= 4 is 17.3 Å². The highest BCUT2D eigenvalue weighted by atomic mass is 32.1. The first-order valence-corrected chi connectivity index (χ1v) is 5.08. The molecule has 78 valence electrons. The molecule has 0 spiro atoms. The van der Waals surface area contributed by atoms with Crippen molar-refractivity contribution in [1.82, 2.24) is 10.6 Å². The molecule has 0 fully saturated rings. The molecule has 0 heterocycles. The van der Waals surface area contributed by atoms with Crippen molar-refractivity contribution < 1.29 is 4.74 Å². The fourth-order valence-electron chi connectivity index (χ4n) is 0.886. The maximum Gasteiger partial charge on any atom is 0.166 e. The second kappa shape index (κ2) is 7.09. The van der Waals surface area contributed by atoms with Gasteiger partial charge in [-0.15, -0.1) is 0 Å². The lowest BCUT2D eigenvalue weighted by molar-refractivity contribution is 0.115. The zero-order valence-electron chi connectivity index (χ0n) is 8.89. The van der Waals surface area contributed by atoms with E-state index in [1.807, 2.05) is 14.0 Å². The first-order valence-electron chi connectivity index (χ1n) is 4.67. The molecule has 0 aliphatic carbocycles. The van der Waals surface area contributed by atoms with Crippen molar-refractivity contribution in [3.63, 3.8) is 0 Å². The standard InChI is InChI=1S/C9H20N2OS/c1-5-12-6-8(7(2)3)11-9(13)10-4/h7-8H,5-6H2,1-4H3,(H2,10,11,13). The minimum absolute atomic E-state index is 0.292. The first kappa shape index (κ1) is 12.7. The Kier molecular flexibility index (Phi) is 6.90. The van der Waals surface area contributed by atoms with E-state index in [4.69, 9.17) is 17.0 Å². The van der Waals surface area contributed by atoms with E-state index in [1.54, 1.807) is 0 Å². The van der Waals surface area contributed by atoms with Gasteiger partial charge in [0.2, 0.25) is 0 Å². The van der Waals surface area contributed by atoms with Gasteiger partial charge in [-0.25, -0.2) is 0 Å². The third-order valence-corrected chi connectivity index (χ3v) is 2.17. The van der Waals surface area contributed by atoms with Crippen LogP contribution in [-0.2, 0) is 4.74 Å². The third kappa shape index (κ3) is 5.82. The third-order valence-electron chi connectivity index (χ3n) is 1.85. The van der Waals surface area contributed by atoms with Gasteiger partial charge in [-0.2, -0.15) is 0 Å². The molecule has 0 amide bonds. The average Bonchev–Trinajstić information content (AvgIpc) is 2.11. The molecule has 0 rings (SSSR count). The van der Waals surface area contributed by atoms with Crippen LogP contribution < -0.4 is 10.6 Å². The highest BCUT2D eigenvalue weighted by Gasteiger charge is 2.13. The fraction of sp³-hybridized carbons (Fsp3) is 0.889. The molecular formula is C9H20N2OS. The molecule has 4 heteroatoms. The minimum atomic E-state index is 0.292. The van der Waals surface area contributed by atoms with E-state index in [9.17, 15) is 0 Å². The Balaban J connectivity index is 3.87. The molecule has 13 heavy (non-hydrogen) atoms. The molecule has 0 radical (unpaired) electrons. The zero-order chi connectivity index (χ0) is 10.3. The molecule has 1 unspecified atom stereocenters. The van der Waals surface area contributed by atoms with Crippen LogP contribution in [0.15, 0.2) is 0 Å². The Hall–Kier alpha value is -0.350. The Morgan fingerprint density at radius 1 is 1.46 bits per heavy atom. The molecular weight excluding hydrogens is 184 g/mol. The van der Waals surface area contributed by atoms with E-state index in [0.717, 1.165) is 6.61 Å². The van der Waals surface area contributed by atoms with Gasteiger partial charge in [-0.3, -0.25) is 0 Å². The van der Waals surface area contributed by atoms with E-state index in [-0.39, 0.29) is 0 Å². The van der Waals surface area contributed by atoms with Crippen LogP contribution in [0.4, 0.5) is 0 Å². The summed E-state index contributed by atoms with van der Waals surface area (Å²) in [5.74, 6) is 0.512. The van der Waals surface area contributed by atoms with E-state index >= 15 is 0 Å². The largest absolute Gasteiger partial charge is 0.380 e. The number of nitrogens with one attached hydrogen (secondary N) is 2. The van der Waals surface area contributed by atoms with Crippen molar-refractivity contribution in [2.45, 2.75) is 26.8 Å². The summed E-state index contributed by atoms with van der Waals surface area (Å²) < 4.78 is 5.35. The van der Waals surface area contributed by atoms with Crippen LogP contribution in [0.2, 0.25) is 0 Å². The Morgan fingerprint density at radius 3 is 2.46 bits per heavy atom. The fourth-order valence-corrected chi connectivity index (χ4v) is 1.04. The predicted octanol–water partition coefficient (Wildman–Crippen LogP) is 1.14. The van der Waals surface area contributed by atoms with Gasteiger partial charge in [-0.05, 0) is 25.1 Å². The predicted molar refractivity (Wildman–Crippen MR) is 59.9 cm³/mol. The SMILES string of the molecule is CCOCC(NC(=S)NC)C(C)C. The van der Waals surface area contributed by atoms with Crippen molar-refractivity contribution in [3.05, 3.63) is 0 Å². The highest BCUT2D eigenvalue weighted by Crippen LogP contribution is 2.01. The summed E-state index contributed by atoms with van der Waals surface area (Å²) in [6.45, 7) is 7.74. The summed E-state index contributed by atoms with van der Waals surface area (Å²) in [4.78, 5) is 0. The molecule has 0 aliphatic rings. The lowest BCUT2D eigenvalue weighted by Gasteiger charge is -2.23. The van der Waals surface area contributed by atoms with Crippen molar-refractivity contribution in [1.29, 1.82) is 0 Å². The Morgan fingerprint density at radius 2 is 2.08 bits per heavy atom. The summed E-state index contributed by atoms with van der Waals surface area (Å²) >= 11 is 5.02. The van der Waals surface area contributed by atoms with Crippen LogP contribution in [0, 0.1) is 5.92 Å². The molecule has 0 saturated heterocycles. The second-order valence-corrected chi connectivity index (χ2v) is 3.64. The van der Waals surface area contributed by atoms with Crippen LogP contribution in [0.5, 0.6) is 0 Å². The summed E-state index contributed by atoms with van der Waals surface area (Å²) in [5.41, 5.74) is 0. The number of thiocarbonyl (C=S) groups is 1. The Labute approximate surface area is 86.2 Å². The topological polar surface area (TPSA) is 33.3 Å². The van der Waals surface area contributed by atoms with Gasteiger partial charge in [0.25, 0.3) is 0 Å². The molecule has 0 aliphatic heterocycles. The molecule has 0 aromatic heterocycles. The van der Waals surface area contributed by atoms with E-state index in [0.29, 0.717) is 23.7 Å². The highest BCUT2D eigenvalue weighted by molar-refractivity contribution is 7.80. The van der Waals surface area contributed by atoms with E-state index in [2.05, 4.69) is 24.5 Å². The summed E-state index contributed by atoms with van der Waals surface area (Å²) in [7, 11) is 1.81. The lowest BCUT2D eigenvalue weighted by atomic mass is 10.1. The van der Waals surface area contributed by atoms with Crippen LogP contribution in [0.1, 0.15) is 20.8 Å². The zero-order valence-corrected chi connectivity index (χ0v) is 9.70.